The number of β-amino-alcohol motifs (C(OH)–C–C–N with tert-alkyl or cyclic N) is 1. The number of likely N-dealkylation sites (tertiary alicyclic amines) is 1. The summed E-state index contributed by atoms with van der Waals surface area (Å²) in [6.45, 7) is 0.832. The lowest BCUT2D eigenvalue weighted by Gasteiger charge is -2.32. The number of aliphatic hydroxyl groups is 1. The number of amides is 1. The summed E-state index contributed by atoms with van der Waals surface area (Å²) in [5.41, 5.74) is 0.247. The minimum absolute atomic E-state index is 0.0815. The van der Waals surface area contributed by atoms with Crippen LogP contribution in [0.5, 0.6) is 0 Å². The Labute approximate surface area is 116 Å². The van der Waals surface area contributed by atoms with Gasteiger partial charge in [0.2, 0.25) is 5.91 Å². The summed E-state index contributed by atoms with van der Waals surface area (Å²) in [5.74, 6) is -0.730. The molecule has 2 rings (SSSR count). The predicted molar refractivity (Wildman–Crippen MR) is 71.4 cm³/mol. The van der Waals surface area contributed by atoms with Gasteiger partial charge in [0, 0.05) is 13.1 Å². The van der Waals surface area contributed by atoms with Gasteiger partial charge in [0.15, 0.2) is 0 Å². The van der Waals surface area contributed by atoms with Crippen molar-refractivity contribution in [3.8, 4) is 6.07 Å². The maximum Gasteiger partial charge on any atom is 0.245 e. The Morgan fingerprint density at radius 2 is 2.35 bits per heavy atom. The van der Waals surface area contributed by atoms with E-state index < -0.39 is 11.9 Å². The van der Waals surface area contributed by atoms with Crippen molar-refractivity contribution in [1.82, 2.24) is 4.90 Å². The predicted octanol–water partition coefficient (Wildman–Crippen LogP) is 1.09. The van der Waals surface area contributed by atoms with Crippen LogP contribution >= 0.6 is 0 Å². The van der Waals surface area contributed by atoms with Gasteiger partial charge in [-0.2, -0.15) is 5.26 Å². The molecule has 1 heterocycles. The minimum Gasteiger partial charge on any atom is -0.395 e. The van der Waals surface area contributed by atoms with Gasteiger partial charge in [-0.3, -0.25) is 4.79 Å². The fourth-order valence-electron chi connectivity index (χ4n) is 2.36. The molecular formula is C14H16FN3O2. The Kier molecular flexibility index (Phi) is 4.53. The lowest BCUT2D eigenvalue weighted by atomic mass is 10.0. The molecule has 1 aromatic rings. The van der Waals surface area contributed by atoms with Crippen molar-refractivity contribution in [3.05, 3.63) is 29.6 Å². The molecule has 1 aliphatic heterocycles. The lowest BCUT2D eigenvalue weighted by Crippen LogP contribution is -2.48. The number of hydrogen-bond donors (Lipinski definition) is 2. The van der Waals surface area contributed by atoms with Gasteiger partial charge in [-0.05, 0) is 25.0 Å². The van der Waals surface area contributed by atoms with E-state index in [1.807, 2.05) is 0 Å². The van der Waals surface area contributed by atoms with Crippen molar-refractivity contribution in [3.63, 3.8) is 0 Å². The largest absolute Gasteiger partial charge is 0.395 e. The number of hydrogen-bond acceptors (Lipinski definition) is 4. The van der Waals surface area contributed by atoms with Crippen LogP contribution in [0, 0.1) is 17.1 Å². The van der Waals surface area contributed by atoms with E-state index in [0.29, 0.717) is 25.2 Å². The van der Waals surface area contributed by atoms with Gasteiger partial charge in [-0.25, -0.2) is 4.39 Å². The van der Waals surface area contributed by atoms with Crippen molar-refractivity contribution in [2.24, 2.45) is 0 Å². The number of nitrogens with zero attached hydrogens (tertiary/aromatic N) is 2. The van der Waals surface area contributed by atoms with E-state index in [0.717, 1.165) is 6.42 Å². The maximum atomic E-state index is 13.5. The summed E-state index contributed by atoms with van der Waals surface area (Å²) < 4.78 is 13.5. The zero-order valence-corrected chi connectivity index (χ0v) is 11.0. The fourth-order valence-corrected chi connectivity index (χ4v) is 2.36. The van der Waals surface area contributed by atoms with Crippen LogP contribution in [-0.4, -0.2) is 41.7 Å². The second kappa shape index (κ2) is 6.35. The summed E-state index contributed by atoms with van der Waals surface area (Å²) in [5, 5.41) is 20.8. The number of piperidine rings is 1. The number of aliphatic hydroxyl groups excluding tert-OH is 1. The number of carbonyl (C=O) groups excluding carboxylic acids is 1. The second-order valence-electron chi connectivity index (χ2n) is 4.66. The average Bonchev–Trinajstić information content (AvgIpc) is 2.44. The molecule has 5 nitrogen and oxygen atoms in total. The first kappa shape index (κ1) is 14.3. The number of halogens is 1. The summed E-state index contributed by atoms with van der Waals surface area (Å²) in [4.78, 5) is 13.8. The normalized spacial score (nSPS) is 18.8. The molecule has 1 saturated heterocycles. The van der Waals surface area contributed by atoms with E-state index in [1.165, 1.54) is 12.1 Å². The van der Waals surface area contributed by atoms with E-state index in [2.05, 4.69) is 5.32 Å². The summed E-state index contributed by atoms with van der Waals surface area (Å²) in [6.07, 6.45) is 1.43. The molecule has 1 atom stereocenters. The molecule has 20 heavy (non-hydrogen) atoms. The highest BCUT2D eigenvalue weighted by atomic mass is 19.1. The molecule has 0 spiro atoms. The van der Waals surface area contributed by atoms with Crippen molar-refractivity contribution in [2.45, 2.75) is 18.9 Å². The van der Waals surface area contributed by atoms with Crippen LogP contribution in [0.15, 0.2) is 18.2 Å². The summed E-state index contributed by atoms with van der Waals surface area (Å²) in [7, 11) is 0. The monoisotopic (exact) mass is 277 g/mol. The molecule has 1 amide bonds. The summed E-state index contributed by atoms with van der Waals surface area (Å²) >= 11 is 0. The van der Waals surface area contributed by atoms with E-state index in [9.17, 15) is 9.18 Å². The first-order valence-corrected chi connectivity index (χ1v) is 6.52. The third-order valence-electron chi connectivity index (χ3n) is 3.36. The molecule has 0 aliphatic carbocycles. The zero-order chi connectivity index (χ0) is 14.5. The Hall–Kier alpha value is -2.13. The molecule has 1 fully saturated rings. The molecule has 0 aromatic heterocycles. The van der Waals surface area contributed by atoms with Crippen LogP contribution in [-0.2, 0) is 4.79 Å². The van der Waals surface area contributed by atoms with Gasteiger partial charge in [0.25, 0.3) is 0 Å². The highest BCUT2D eigenvalue weighted by Crippen LogP contribution is 2.22. The third-order valence-corrected chi connectivity index (χ3v) is 3.36. The van der Waals surface area contributed by atoms with Crippen LogP contribution in [0.25, 0.3) is 0 Å². The lowest BCUT2D eigenvalue weighted by molar-refractivity contribution is -0.134. The standard InChI is InChI=1S/C14H16FN3O2/c15-11-3-1-4-12(10(11)9-16)17-13-5-2-6-18(7-8-19)14(13)20/h1,3-4,13,17,19H,2,5-8H2. The van der Waals surface area contributed by atoms with Gasteiger partial charge in [0.05, 0.1) is 12.3 Å². The van der Waals surface area contributed by atoms with E-state index in [1.54, 1.807) is 17.0 Å². The van der Waals surface area contributed by atoms with E-state index >= 15 is 0 Å². The molecule has 1 aromatic carbocycles. The highest BCUT2D eigenvalue weighted by Gasteiger charge is 2.28. The first-order chi connectivity index (χ1) is 9.67. The van der Waals surface area contributed by atoms with E-state index in [-0.39, 0.29) is 18.1 Å². The molecular weight excluding hydrogens is 261 g/mol. The van der Waals surface area contributed by atoms with Gasteiger partial charge >= 0.3 is 0 Å². The number of benzene rings is 1. The van der Waals surface area contributed by atoms with Gasteiger partial charge in [-0.1, -0.05) is 6.07 Å². The van der Waals surface area contributed by atoms with Crippen molar-refractivity contribution < 1.29 is 14.3 Å². The second-order valence-corrected chi connectivity index (χ2v) is 4.66. The molecule has 6 heteroatoms. The summed E-state index contributed by atoms with van der Waals surface area (Å²) in [6, 6.07) is 5.61. The Balaban J connectivity index is 2.16. The zero-order valence-electron chi connectivity index (χ0n) is 11.0. The van der Waals surface area contributed by atoms with Crippen LogP contribution in [0.2, 0.25) is 0 Å². The molecule has 1 unspecified atom stereocenters. The Morgan fingerprint density at radius 1 is 1.55 bits per heavy atom. The number of anilines is 1. The van der Waals surface area contributed by atoms with Gasteiger partial charge in [0.1, 0.15) is 23.5 Å². The number of rotatable bonds is 4. The first-order valence-electron chi connectivity index (χ1n) is 6.52. The van der Waals surface area contributed by atoms with Crippen molar-refractivity contribution in [2.75, 3.05) is 25.0 Å². The molecule has 0 saturated carbocycles. The van der Waals surface area contributed by atoms with Crippen molar-refractivity contribution in [1.29, 1.82) is 5.26 Å². The quantitative estimate of drug-likeness (QED) is 0.864. The Bertz CT molecular complexity index is 540. The van der Waals surface area contributed by atoms with E-state index in [4.69, 9.17) is 10.4 Å². The van der Waals surface area contributed by atoms with Gasteiger partial charge in [-0.15, -0.1) is 0 Å². The topological polar surface area (TPSA) is 76.4 Å². The highest BCUT2D eigenvalue weighted by molar-refractivity contribution is 5.86. The fraction of sp³-hybridized carbons (Fsp3) is 0.429. The minimum atomic E-state index is -0.604. The smallest absolute Gasteiger partial charge is 0.245 e. The van der Waals surface area contributed by atoms with Crippen LogP contribution in [0.3, 0.4) is 0 Å². The number of nitrogens with one attached hydrogen (secondary N) is 1. The van der Waals surface area contributed by atoms with Gasteiger partial charge < -0.3 is 15.3 Å². The van der Waals surface area contributed by atoms with Crippen LogP contribution < -0.4 is 5.32 Å². The third kappa shape index (κ3) is 2.89. The molecule has 0 bridgehead atoms. The molecule has 1 aliphatic rings. The number of nitriles is 1. The average molecular weight is 277 g/mol. The van der Waals surface area contributed by atoms with Crippen LogP contribution in [0.1, 0.15) is 18.4 Å². The molecule has 0 radical (unpaired) electrons. The van der Waals surface area contributed by atoms with Crippen LogP contribution in [0.4, 0.5) is 10.1 Å². The van der Waals surface area contributed by atoms with Crippen molar-refractivity contribution >= 4 is 11.6 Å². The maximum absolute atomic E-state index is 13.5. The number of carbonyl (C=O) groups is 1. The molecule has 106 valence electrons. The Morgan fingerprint density at radius 3 is 3.05 bits per heavy atom. The molecule has 2 N–H and O–H groups in total. The SMILES string of the molecule is N#Cc1c(F)cccc1NC1CCCN(CCO)C1=O.